The predicted octanol–water partition coefficient (Wildman–Crippen LogP) is 4.08. The first-order valence-electron chi connectivity index (χ1n) is 17.0. The number of nitrogen functional groups attached to an aromatic ring is 1. The summed E-state index contributed by atoms with van der Waals surface area (Å²) in [5.41, 5.74) is 7.65. The lowest BCUT2D eigenvalue weighted by molar-refractivity contribution is -0.122. The van der Waals surface area contributed by atoms with Crippen LogP contribution in [-0.4, -0.2) is 87.2 Å². The van der Waals surface area contributed by atoms with E-state index in [1.54, 1.807) is 24.3 Å². The average molecular weight is 742 g/mol. The van der Waals surface area contributed by atoms with Crippen LogP contribution in [0.4, 0.5) is 5.69 Å². The number of carbonyl (C=O) groups is 4. The molecule has 3 aromatic rings. The summed E-state index contributed by atoms with van der Waals surface area (Å²) in [5.74, 6) is -1.17. The molecule has 0 saturated carbocycles. The Balaban J connectivity index is 0.992. The normalized spacial score (nSPS) is 11.0. The van der Waals surface area contributed by atoms with Crippen LogP contribution in [0.1, 0.15) is 43.9 Å². The molecule has 1 heterocycles. The number of carbonyl (C=O) groups excluding carboxylic acids is 3. The average Bonchev–Trinajstić information content (AvgIpc) is 3.15. The van der Waals surface area contributed by atoms with Crippen LogP contribution < -0.4 is 26.5 Å². The fourth-order valence-electron chi connectivity index (χ4n) is 5.49. The van der Waals surface area contributed by atoms with Crippen LogP contribution in [-0.2, 0) is 19.0 Å². The standard InChI is InChI=1S/C39H39N3O12/c40-33-21-28(7-3-25(33)22-43)53-13-1-2-36(46)41-11-15-51-23-52-17-16-50-14-12-42-38(47)24-4-8-29(39(48)49)32(18-24)37-30-9-5-26(44)19-34(30)54-35-20-27(45)6-10-31(35)37/h3-10,18-22,44H,1-2,11-17,23,40H2,(H,41,46)(H,42,47)(H,48,49). The first-order chi connectivity index (χ1) is 26.1. The summed E-state index contributed by atoms with van der Waals surface area (Å²) in [6, 6.07) is 17.5. The zero-order valence-corrected chi connectivity index (χ0v) is 29.1. The van der Waals surface area contributed by atoms with E-state index in [-0.39, 0.29) is 91.3 Å². The molecule has 5 rings (SSSR count). The lowest BCUT2D eigenvalue weighted by atomic mass is 9.89. The van der Waals surface area contributed by atoms with Gasteiger partial charge in [-0.25, -0.2) is 4.79 Å². The molecule has 2 amide bonds. The maximum Gasteiger partial charge on any atom is 0.336 e. The van der Waals surface area contributed by atoms with Gasteiger partial charge in [-0.2, -0.15) is 0 Å². The molecule has 0 radical (unpaired) electrons. The van der Waals surface area contributed by atoms with E-state index < -0.39 is 11.9 Å². The fraction of sp³-hybridized carbons (Fsp3) is 0.256. The molecule has 1 aliphatic heterocycles. The Kier molecular flexibility index (Phi) is 13.7. The van der Waals surface area contributed by atoms with Gasteiger partial charge in [-0.15, -0.1) is 0 Å². The second-order valence-corrected chi connectivity index (χ2v) is 11.9. The van der Waals surface area contributed by atoms with Crippen molar-refractivity contribution in [3.05, 3.63) is 99.7 Å². The molecule has 54 heavy (non-hydrogen) atoms. The molecule has 2 aliphatic rings. The SMILES string of the molecule is Nc1cc(OCCCC(=O)NCCOCOCCOCCNC(=O)c2ccc(C(=O)O)c(-c3c4ccc(=O)cc-4oc4cc(O)ccc34)c2)ccc1C=O. The highest BCUT2D eigenvalue weighted by atomic mass is 16.7. The third-order valence-electron chi connectivity index (χ3n) is 8.10. The third-order valence-corrected chi connectivity index (χ3v) is 8.10. The molecule has 3 aromatic carbocycles. The van der Waals surface area contributed by atoms with Crippen molar-refractivity contribution in [3.8, 4) is 33.9 Å². The Morgan fingerprint density at radius 3 is 2.39 bits per heavy atom. The Bertz CT molecular complexity index is 2150. The topological polar surface area (TPSA) is 226 Å². The number of nitrogens with one attached hydrogen (secondary N) is 2. The molecule has 0 spiro atoms. The third kappa shape index (κ3) is 10.4. The Morgan fingerprint density at radius 2 is 1.59 bits per heavy atom. The van der Waals surface area contributed by atoms with Crippen LogP contribution in [0.15, 0.2) is 82.0 Å². The summed E-state index contributed by atoms with van der Waals surface area (Å²) >= 11 is 0. The fourth-order valence-corrected chi connectivity index (χ4v) is 5.49. The van der Waals surface area contributed by atoms with E-state index in [2.05, 4.69) is 10.6 Å². The number of amides is 2. The van der Waals surface area contributed by atoms with Crippen molar-refractivity contribution in [2.45, 2.75) is 12.8 Å². The number of fused-ring (bicyclic) bond motifs is 2. The number of anilines is 1. The number of nitrogens with two attached hydrogens (primary N) is 1. The minimum atomic E-state index is -1.21. The van der Waals surface area contributed by atoms with Crippen molar-refractivity contribution in [1.29, 1.82) is 0 Å². The molecular weight excluding hydrogens is 702 g/mol. The highest BCUT2D eigenvalue weighted by molar-refractivity contribution is 6.09. The molecule has 1 aliphatic carbocycles. The second kappa shape index (κ2) is 19.0. The lowest BCUT2D eigenvalue weighted by Crippen LogP contribution is -2.28. The number of phenolic OH excluding ortho intramolecular Hbond substituents is 1. The van der Waals surface area contributed by atoms with Gasteiger partial charge in [0.15, 0.2) is 11.7 Å². The quantitative estimate of drug-likeness (QED) is 0.0250. The minimum absolute atomic E-state index is 0.00377. The van der Waals surface area contributed by atoms with Gasteiger partial charge < -0.3 is 49.9 Å². The van der Waals surface area contributed by atoms with Gasteiger partial charge in [0.25, 0.3) is 5.91 Å². The van der Waals surface area contributed by atoms with Gasteiger partial charge >= 0.3 is 5.97 Å². The summed E-state index contributed by atoms with van der Waals surface area (Å²) < 4.78 is 27.6. The first-order valence-corrected chi connectivity index (χ1v) is 17.0. The number of aromatic hydroxyl groups is 1. The Labute approximate surface area is 308 Å². The van der Waals surface area contributed by atoms with Gasteiger partial charge in [0.05, 0.1) is 38.6 Å². The van der Waals surface area contributed by atoms with Gasteiger partial charge in [0.2, 0.25) is 5.91 Å². The Hall–Kier alpha value is -6.29. The van der Waals surface area contributed by atoms with Gasteiger partial charge in [-0.1, -0.05) is 0 Å². The van der Waals surface area contributed by atoms with Crippen LogP contribution in [0.5, 0.6) is 11.5 Å². The number of aromatic carboxylic acids is 1. The van der Waals surface area contributed by atoms with Gasteiger partial charge in [-0.05, 0) is 66.6 Å². The first kappa shape index (κ1) is 38.9. The van der Waals surface area contributed by atoms with Crippen molar-refractivity contribution < 1.29 is 52.8 Å². The predicted molar refractivity (Wildman–Crippen MR) is 197 cm³/mol. The van der Waals surface area contributed by atoms with Crippen LogP contribution in [0, 0.1) is 0 Å². The molecule has 0 unspecified atom stereocenters. The highest BCUT2D eigenvalue weighted by Crippen LogP contribution is 2.42. The molecule has 282 valence electrons. The molecule has 0 bridgehead atoms. The van der Waals surface area contributed by atoms with Gasteiger partial charge in [0, 0.05) is 71.0 Å². The highest BCUT2D eigenvalue weighted by Gasteiger charge is 2.23. The second-order valence-electron chi connectivity index (χ2n) is 11.9. The molecule has 6 N–H and O–H groups in total. The number of hydrogen-bond acceptors (Lipinski definition) is 12. The van der Waals surface area contributed by atoms with Crippen LogP contribution in [0.3, 0.4) is 0 Å². The van der Waals surface area contributed by atoms with Crippen LogP contribution >= 0.6 is 0 Å². The maximum absolute atomic E-state index is 13.1. The summed E-state index contributed by atoms with van der Waals surface area (Å²) in [6.07, 6.45) is 1.43. The molecular formula is C39H39N3O12. The van der Waals surface area contributed by atoms with Crippen molar-refractivity contribution in [1.82, 2.24) is 10.6 Å². The zero-order chi connectivity index (χ0) is 38.5. The molecule has 0 aromatic heterocycles. The van der Waals surface area contributed by atoms with Crippen LogP contribution in [0.25, 0.3) is 33.4 Å². The zero-order valence-electron chi connectivity index (χ0n) is 29.1. The van der Waals surface area contributed by atoms with E-state index in [0.717, 1.165) is 0 Å². The van der Waals surface area contributed by atoms with Crippen molar-refractivity contribution in [3.63, 3.8) is 0 Å². The van der Waals surface area contributed by atoms with E-state index in [0.29, 0.717) is 59.4 Å². The number of carboxylic acids is 1. The van der Waals surface area contributed by atoms with E-state index >= 15 is 0 Å². The smallest absolute Gasteiger partial charge is 0.336 e. The van der Waals surface area contributed by atoms with Gasteiger partial charge in [0.1, 0.15) is 29.6 Å². The summed E-state index contributed by atoms with van der Waals surface area (Å²) in [7, 11) is 0. The van der Waals surface area contributed by atoms with E-state index in [1.165, 1.54) is 48.5 Å². The Morgan fingerprint density at radius 1 is 0.815 bits per heavy atom. The largest absolute Gasteiger partial charge is 0.508 e. The molecule has 0 atom stereocenters. The number of benzene rings is 4. The number of phenols is 1. The number of hydrogen-bond donors (Lipinski definition) is 5. The lowest BCUT2D eigenvalue weighted by Gasteiger charge is -2.17. The number of rotatable bonds is 20. The summed E-state index contributed by atoms with van der Waals surface area (Å²) in [6.45, 7) is 1.71. The monoisotopic (exact) mass is 741 g/mol. The number of aldehydes is 1. The van der Waals surface area contributed by atoms with E-state index in [1.807, 2.05) is 0 Å². The number of ether oxygens (including phenoxy) is 4. The minimum Gasteiger partial charge on any atom is -0.508 e. The molecule has 15 heteroatoms. The van der Waals surface area contributed by atoms with E-state index in [9.17, 15) is 34.2 Å². The van der Waals surface area contributed by atoms with Crippen molar-refractivity contribution >= 4 is 40.7 Å². The number of carboxylic acid groups (broad SMARTS) is 1. The molecule has 0 saturated heterocycles. The molecule has 0 fully saturated rings. The maximum atomic E-state index is 13.1. The van der Waals surface area contributed by atoms with Crippen molar-refractivity contribution in [2.24, 2.45) is 0 Å². The van der Waals surface area contributed by atoms with Crippen molar-refractivity contribution in [2.75, 3.05) is 58.7 Å². The van der Waals surface area contributed by atoms with E-state index in [4.69, 9.17) is 29.1 Å². The van der Waals surface area contributed by atoms with Crippen LogP contribution in [0.2, 0.25) is 0 Å². The molecule has 15 nitrogen and oxygen atoms in total. The van der Waals surface area contributed by atoms with Gasteiger partial charge in [-0.3, -0.25) is 19.2 Å². The summed E-state index contributed by atoms with van der Waals surface area (Å²) in [4.78, 5) is 60.3. The summed E-state index contributed by atoms with van der Waals surface area (Å²) in [5, 5.41) is 26.1.